The maximum absolute atomic E-state index is 12.5. The Balaban J connectivity index is 2.34. The number of aliphatic imine (C=N–C) groups is 1. The summed E-state index contributed by atoms with van der Waals surface area (Å²) < 4.78 is 0.946. The number of thioether (sulfide) groups is 1. The average molecular weight is 419 g/mol. The number of para-hydroxylation sites is 1. The molecule has 0 aliphatic rings. The molecule has 3 nitrogen and oxygen atoms in total. The Hall–Kier alpha value is -1.59. The zero-order valence-corrected chi connectivity index (χ0v) is 17.4. The van der Waals surface area contributed by atoms with E-state index in [1.807, 2.05) is 18.4 Å². The molecule has 132 valence electrons. The summed E-state index contributed by atoms with van der Waals surface area (Å²) in [6.45, 7) is 6.44. The molecule has 0 bridgehead atoms. The number of nitrogens with one attached hydrogen (secondary N) is 1. The Kier molecular flexibility index (Phi) is 7.26. The Morgan fingerprint density at radius 2 is 1.88 bits per heavy atom. The largest absolute Gasteiger partial charge is 0.301 e. The summed E-state index contributed by atoms with van der Waals surface area (Å²) in [5.41, 5.74) is 3.97. The molecule has 0 saturated heterocycles. The highest BCUT2D eigenvalue weighted by Gasteiger charge is 2.13. The van der Waals surface area contributed by atoms with Crippen LogP contribution in [0.1, 0.15) is 48.2 Å². The third-order valence-electron chi connectivity index (χ3n) is 3.89. The van der Waals surface area contributed by atoms with Gasteiger partial charge in [0.25, 0.3) is 5.91 Å². The van der Waals surface area contributed by atoms with Gasteiger partial charge in [-0.15, -0.1) is 0 Å². The van der Waals surface area contributed by atoms with Gasteiger partial charge in [-0.3, -0.25) is 4.79 Å². The van der Waals surface area contributed by atoms with E-state index in [0.29, 0.717) is 16.6 Å². The Morgan fingerprint density at radius 3 is 2.44 bits per heavy atom. The number of hydrogen-bond acceptors (Lipinski definition) is 3. The number of carbonyl (C=O) groups is 1. The number of halogens is 1. The van der Waals surface area contributed by atoms with Crippen LogP contribution in [0, 0.1) is 0 Å². The molecule has 0 aromatic heterocycles. The van der Waals surface area contributed by atoms with E-state index in [2.05, 4.69) is 60.2 Å². The molecule has 0 spiro atoms. The molecule has 0 atom stereocenters. The van der Waals surface area contributed by atoms with Crippen molar-refractivity contribution in [2.75, 3.05) is 6.26 Å². The zero-order chi connectivity index (χ0) is 18.4. The Morgan fingerprint density at radius 1 is 1.20 bits per heavy atom. The van der Waals surface area contributed by atoms with Crippen molar-refractivity contribution in [1.29, 1.82) is 0 Å². The summed E-state index contributed by atoms with van der Waals surface area (Å²) in [5.74, 6) is 0.219. The van der Waals surface area contributed by atoms with Crippen molar-refractivity contribution in [3.63, 3.8) is 0 Å². The number of amidine groups is 1. The molecular formula is C20H23BrN2OS. The number of nitrogens with zero attached hydrogens (tertiary/aromatic N) is 1. The van der Waals surface area contributed by atoms with Gasteiger partial charge in [-0.05, 0) is 54.0 Å². The lowest BCUT2D eigenvalue weighted by Gasteiger charge is -2.15. The first-order chi connectivity index (χ1) is 12.0. The highest BCUT2D eigenvalue weighted by Crippen LogP contribution is 2.31. The summed E-state index contributed by atoms with van der Waals surface area (Å²) in [6.07, 6.45) is 2.83. The van der Waals surface area contributed by atoms with E-state index >= 15 is 0 Å². The van der Waals surface area contributed by atoms with Crippen LogP contribution < -0.4 is 5.32 Å². The highest BCUT2D eigenvalue weighted by molar-refractivity contribution is 9.10. The van der Waals surface area contributed by atoms with Crippen LogP contribution in [0.15, 0.2) is 51.9 Å². The van der Waals surface area contributed by atoms with Gasteiger partial charge in [0.2, 0.25) is 0 Å². The van der Waals surface area contributed by atoms with E-state index in [4.69, 9.17) is 4.99 Å². The number of hydrogen-bond donors (Lipinski definition) is 1. The van der Waals surface area contributed by atoms with Crippen molar-refractivity contribution in [3.8, 4) is 0 Å². The summed E-state index contributed by atoms with van der Waals surface area (Å²) >= 11 is 4.82. The fourth-order valence-electron chi connectivity index (χ4n) is 2.50. The zero-order valence-electron chi connectivity index (χ0n) is 15.0. The van der Waals surface area contributed by atoms with E-state index in [1.165, 1.54) is 22.9 Å². The summed E-state index contributed by atoms with van der Waals surface area (Å²) in [5, 5.41) is 3.53. The van der Waals surface area contributed by atoms with Crippen LogP contribution in [0.2, 0.25) is 0 Å². The molecule has 0 saturated carbocycles. The number of benzene rings is 2. The lowest BCUT2D eigenvalue weighted by atomic mass is 9.97. The molecule has 1 N–H and O–H groups in total. The maximum atomic E-state index is 12.5. The number of aryl methyl sites for hydroxylation is 1. The molecule has 5 heteroatoms. The summed E-state index contributed by atoms with van der Waals surface area (Å²) in [4.78, 5) is 17.3. The van der Waals surface area contributed by atoms with Crippen molar-refractivity contribution in [1.82, 2.24) is 5.32 Å². The molecule has 0 aliphatic carbocycles. The van der Waals surface area contributed by atoms with Gasteiger partial charge in [0, 0.05) is 10.0 Å². The molecule has 2 aromatic carbocycles. The second-order valence-electron chi connectivity index (χ2n) is 5.95. The average Bonchev–Trinajstić information content (AvgIpc) is 2.61. The van der Waals surface area contributed by atoms with Crippen molar-refractivity contribution in [3.05, 3.63) is 63.6 Å². The van der Waals surface area contributed by atoms with Gasteiger partial charge < -0.3 is 5.32 Å². The summed E-state index contributed by atoms with van der Waals surface area (Å²) in [6, 6.07) is 13.6. The monoisotopic (exact) mass is 418 g/mol. The minimum atomic E-state index is -0.152. The smallest absolute Gasteiger partial charge is 0.257 e. The van der Waals surface area contributed by atoms with E-state index in [-0.39, 0.29) is 5.91 Å². The lowest BCUT2D eigenvalue weighted by molar-refractivity contribution is 0.0978. The predicted molar refractivity (Wildman–Crippen MR) is 112 cm³/mol. The van der Waals surface area contributed by atoms with E-state index < -0.39 is 0 Å². The van der Waals surface area contributed by atoms with Crippen LogP contribution in [0.3, 0.4) is 0 Å². The topological polar surface area (TPSA) is 41.5 Å². The molecular weight excluding hydrogens is 396 g/mol. The van der Waals surface area contributed by atoms with Crippen LogP contribution in [0.25, 0.3) is 0 Å². The maximum Gasteiger partial charge on any atom is 0.257 e. The quantitative estimate of drug-likeness (QED) is 0.494. The van der Waals surface area contributed by atoms with Gasteiger partial charge in [0.1, 0.15) is 0 Å². The van der Waals surface area contributed by atoms with Crippen molar-refractivity contribution >= 4 is 44.5 Å². The van der Waals surface area contributed by atoms with Gasteiger partial charge in [-0.2, -0.15) is 0 Å². The standard InChI is InChI=1S/C20H23BrN2OS/c1-5-14-7-6-8-17(13(2)3)18(14)22-20(25-4)23-19(24)15-9-11-16(21)12-10-15/h6-13H,5H2,1-4H3,(H,22,23,24). The third kappa shape index (κ3) is 5.19. The van der Waals surface area contributed by atoms with Crippen molar-refractivity contribution in [2.45, 2.75) is 33.1 Å². The minimum Gasteiger partial charge on any atom is -0.301 e. The first kappa shape index (κ1) is 19.7. The Labute approximate surface area is 162 Å². The molecule has 2 aromatic rings. The van der Waals surface area contributed by atoms with Gasteiger partial charge in [-0.1, -0.05) is 66.7 Å². The molecule has 0 fully saturated rings. The number of carbonyl (C=O) groups excluding carboxylic acids is 1. The van der Waals surface area contributed by atoms with Crippen LogP contribution in [0.4, 0.5) is 5.69 Å². The third-order valence-corrected chi connectivity index (χ3v) is 5.00. The van der Waals surface area contributed by atoms with Crippen LogP contribution in [0.5, 0.6) is 0 Å². The van der Waals surface area contributed by atoms with E-state index in [0.717, 1.165) is 16.6 Å². The second kappa shape index (κ2) is 9.20. The molecule has 0 unspecified atom stereocenters. The predicted octanol–water partition coefficient (Wildman–Crippen LogP) is 5.92. The first-order valence-electron chi connectivity index (χ1n) is 8.27. The van der Waals surface area contributed by atoms with Crippen molar-refractivity contribution in [2.24, 2.45) is 4.99 Å². The number of amides is 1. The molecule has 0 heterocycles. The van der Waals surface area contributed by atoms with Crippen LogP contribution in [-0.2, 0) is 6.42 Å². The van der Waals surface area contributed by atoms with Crippen LogP contribution in [-0.4, -0.2) is 17.3 Å². The highest BCUT2D eigenvalue weighted by atomic mass is 79.9. The fraction of sp³-hybridized carbons (Fsp3) is 0.300. The van der Waals surface area contributed by atoms with Crippen molar-refractivity contribution < 1.29 is 4.79 Å². The van der Waals surface area contributed by atoms with Gasteiger partial charge in [0.15, 0.2) is 5.17 Å². The van der Waals surface area contributed by atoms with Gasteiger partial charge >= 0.3 is 0 Å². The molecule has 0 radical (unpaired) electrons. The molecule has 1 amide bonds. The first-order valence-corrected chi connectivity index (χ1v) is 10.3. The van der Waals surface area contributed by atoms with E-state index in [9.17, 15) is 4.79 Å². The minimum absolute atomic E-state index is 0.152. The normalized spacial score (nSPS) is 11.7. The summed E-state index contributed by atoms with van der Waals surface area (Å²) in [7, 11) is 0. The Bertz CT molecular complexity index is 770. The molecule has 25 heavy (non-hydrogen) atoms. The van der Waals surface area contributed by atoms with E-state index in [1.54, 1.807) is 12.1 Å². The molecule has 0 aliphatic heterocycles. The fourth-order valence-corrected chi connectivity index (χ4v) is 3.14. The van der Waals surface area contributed by atoms with Crippen LogP contribution >= 0.6 is 27.7 Å². The number of rotatable bonds is 4. The van der Waals surface area contributed by atoms with Gasteiger partial charge in [0.05, 0.1) is 5.69 Å². The SMILES string of the molecule is CCc1cccc(C(C)C)c1N=C(NC(=O)c1ccc(Br)cc1)SC. The lowest BCUT2D eigenvalue weighted by Crippen LogP contribution is -2.28. The van der Waals surface area contributed by atoms with Gasteiger partial charge in [-0.25, -0.2) is 4.99 Å². The second-order valence-corrected chi connectivity index (χ2v) is 7.66. The molecule has 2 rings (SSSR count).